The quantitative estimate of drug-likeness (QED) is 0.281. The summed E-state index contributed by atoms with van der Waals surface area (Å²) in [4.78, 5) is 13.1. The maximum atomic E-state index is 14.7. The molecule has 0 amide bonds. The van der Waals surface area contributed by atoms with E-state index in [2.05, 4.69) is 47.2 Å². The molecule has 35 heavy (non-hydrogen) atoms. The van der Waals surface area contributed by atoms with E-state index < -0.39 is 0 Å². The number of piperazine rings is 1. The van der Waals surface area contributed by atoms with E-state index in [-0.39, 0.29) is 11.8 Å². The molecule has 0 unspecified atom stereocenters. The first kappa shape index (κ1) is 22.5. The summed E-state index contributed by atoms with van der Waals surface area (Å²) in [5, 5.41) is 20.1. The number of halogens is 1. The van der Waals surface area contributed by atoms with E-state index in [0.717, 1.165) is 30.7 Å². The van der Waals surface area contributed by atoms with Crippen molar-refractivity contribution in [1.82, 2.24) is 29.6 Å². The van der Waals surface area contributed by atoms with Crippen LogP contribution in [0.1, 0.15) is 24.0 Å². The Hall–Kier alpha value is -4.24. The zero-order chi connectivity index (χ0) is 24.5. The van der Waals surface area contributed by atoms with Gasteiger partial charge in [-0.2, -0.15) is 14.5 Å². The molecule has 3 aromatic heterocycles. The van der Waals surface area contributed by atoms with E-state index in [4.69, 9.17) is 15.7 Å². The van der Waals surface area contributed by atoms with E-state index in [1.807, 2.05) is 13.0 Å². The lowest BCUT2D eigenvalue weighted by Gasteiger charge is -2.36. The number of benzene rings is 1. The van der Waals surface area contributed by atoms with Crippen LogP contribution in [0.15, 0.2) is 16.7 Å². The Morgan fingerprint density at radius 3 is 2.80 bits per heavy atom. The molecule has 5 rings (SSSR count). The Morgan fingerprint density at radius 2 is 2.06 bits per heavy atom. The molecule has 4 heterocycles. The summed E-state index contributed by atoms with van der Waals surface area (Å²) in [5.41, 5.74) is 8.78. The highest BCUT2D eigenvalue weighted by Gasteiger charge is 2.22. The molecular formula is C23H25FN10O. The molecule has 180 valence electrons. The van der Waals surface area contributed by atoms with Crippen molar-refractivity contribution in [2.45, 2.75) is 13.8 Å². The molecule has 0 bridgehead atoms. The molecule has 0 saturated carbocycles. The van der Waals surface area contributed by atoms with Gasteiger partial charge in [-0.25, -0.2) is 4.39 Å². The van der Waals surface area contributed by atoms with Gasteiger partial charge in [0.15, 0.2) is 11.2 Å². The highest BCUT2D eigenvalue weighted by atomic mass is 19.1. The minimum Gasteiger partial charge on any atom is -0.368 e. The molecule has 0 radical (unpaired) electrons. The second-order valence-corrected chi connectivity index (χ2v) is 8.25. The van der Waals surface area contributed by atoms with Crippen LogP contribution in [0.4, 0.5) is 21.8 Å². The molecule has 11 nitrogen and oxygen atoms in total. The molecule has 4 N–H and O–H groups in total. The SMILES string of the molecule is CC#Cc1nc2c(C=N)c(NCCN3CCN(c4cc5c(C)noc5cc4F)CC3)nc(N)n2n1. The van der Waals surface area contributed by atoms with E-state index in [9.17, 15) is 4.39 Å². The van der Waals surface area contributed by atoms with Crippen LogP contribution >= 0.6 is 0 Å². The number of aromatic nitrogens is 5. The van der Waals surface area contributed by atoms with Crippen molar-refractivity contribution in [3.05, 3.63) is 35.0 Å². The number of hydrogen-bond acceptors (Lipinski definition) is 10. The smallest absolute Gasteiger partial charge is 0.226 e. The van der Waals surface area contributed by atoms with Gasteiger partial charge in [-0.15, -0.1) is 5.10 Å². The van der Waals surface area contributed by atoms with Crippen LogP contribution in [0, 0.1) is 30.0 Å². The van der Waals surface area contributed by atoms with Gasteiger partial charge in [-0.3, -0.25) is 4.90 Å². The van der Waals surface area contributed by atoms with Crippen LogP contribution in [0.2, 0.25) is 0 Å². The Labute approximate surface area is 200 Å². The number of nitrogens with one attached hydrogen (secondary N) is 2. The fourth-order valence-electron chi connectivity index (χ4n) is 4.26. The van der Waals surface area contributed by atoms with Gasteiger partial charge in [0.1, 0.15) is 11.6 Å². The predicted octanol–water partition coefficient (Wildman–Crippen LogP) is 1.90. The molecule has 0 spiro atoms. The van der Waals surface area contributed by atoms with Gasteiger partial charge in [-0.1, -0.05) is 11.1 Å². The lowest BCUT2D eigenvalue weighted by Crippen LogP contribution is -2.48. The molecule has 1 aliphatic rings. The highest BCUT2D eigenvalue weighted by Crippen LogP contribution is 2.28. The van der Waals surface area contributed by atoms with Crippen molar-refractivity contribution in [3.63, 3.8) is 0 Å². The third kappa shape index (κ3) is 4.22. The third-order valence-corrected chi connectivity index (χ3v) is 6.08. The predicted molar refractivity (Wildman–Crippen MR) is 131 cm³/mol. The fourth-order valence-corrected chi connectivity index (χ4v) is 4.26. The minimum atomic E-state index is -0.302. The van der Waals surface area contributed by atoms with Crippen LogP contribution in [0.3, 0.4) is 0 Å². The molecular weight excluding hydrogens is 451 g/mol. The zero-order valence-corrected chi connectivity index (χ0v) is 19.5. The number of nitrogens with two attached hydrogens (primary N) is 1. The zero-order valence-electron chi connectivity index (χ0n) is 19.5. The second kappa shape index (κ2) is 9.19. The van der Waals surface area contributed by atoms with Gasteiger partial charge in [0.2, 0.25) is 11.8 Å². The first-order valence-corrected chi connectivity index (χ1v) is 11.2. The van der Waals surface area contributed by atoms with Crippen molar-refractivity contribution in [2.24, 2.45) is 0 Å². The third-order valence-electron chi connectivity index (χ3n) is 6.08. The fraction of sp³-hybridized carbons (Fsp3) is 0.348. The standard InChI is InChI=1S/C23H25FN10O/c1-3-4-20-28-22-16(13-25)21(29-23(26)34(22)30-20)27-5-6-32-7-9-33(10-8-32)18-11-15-14(2)31-35-19(15)12-17(18)24/h11-13,25,27H,5-10H2,1-2H3,(H2,26,29). The van der Waals surface area contributed by atoms with Crippen molar-refractivity contribution in [2.75, 3.05) is 55.2 Å². The van der Waals surface area contributed by atoms with Gasteiger partial charge < -0.3 is 25.9 Å². The largest absolute Gasteiger partial charge is 0.368 e. The van der Waals surface area contributed by atoms with Crippen LogP contribution in [0.25, 0.3) is 16.6 Å². The molecule has 1 fully saturated rings. The summed E-state index contributed by atoms with van der Waals surface area (Å²) in [6.45, 7) is 7.89. The van der Waals surface area contributed by atoms with E-state index in [0.29, 0.717) is 53.8 Å². The summed E-state index contributed by atoms with van der Waals surface area (Å²) in [6, 6.07) is 3.23. The normalized spacial score (nSPS) is 14.3. The molecule has 4 aromatic rings. The Balaban J connectivity index is 1.22. The molecule has 0 atom stereocenters. The van der Waals surface area contributed by atoms with Crippen molar-refractivity contribution >= 4 is 40.3 Å². The van der Waals surface area contributed by atoms with Gasteiger partial charge >= 0.3 is 0 Å². The molecule has 12 heteroatoms. The van der Waals surface area contributed by atoms with E-state index in [1.165, 1.54) is 16.8 Å². The van der Waals surface area contributed by atoms with Gasteiger partial charge in [-0.05, 0) is 25.8 Å². The maximum absolute atomic E-state index is 14.7. The number of fused-ring (bicyclic) bond motifs is 2. The van der Waals surface area contributed by atoms with Crippen LogP contribution in [-0.2, 0) is 0 Å². The summed E-state index contributed by atoms with van der Waals surface area (Å²) >= 11 is 0. The van der Waals surface area contributed by atoms with Crippen LogP contribution < -0.4 is 16.0 Å². The lowest BCUT2D eigenvalue weighted by atomic mass is 10.1. The van der Waals surface area contributed by atoms with Crippen molar-refractivity contribution in [1.29, 1.82) is 5.41 Å². The number of anilines is 3. The number of rotatable bonds is 6. The summed E-state index contributed by atoms with van der Waals surface area (Å²) in [7, 11) is 0. The van der Waals surface area contributed by atoms with Crippen molar-refractivity contribution in [3.8, 4) is 11.8 Å². The molecule has 1 saturated heterocycles. The molecule has 1 aromatic carbocycles. The number of nitrogen functional groups attached to an aromatic ring is 1. The Kier molecular flexibility index (Phi) is 5.92. The summed E-state index contributed by atoms with van der Waals surface area (Å²) < 4.78 is 21.2. The summed E-state index contributed by atoms with van der Waals surface area (Å²) in [5.74, 6) is 6.22. The monoisotopic (exact) mass is 476 g/mol. The molecule has 0 aliphatic carbocycles. The van der Waals surface area contributed by atoms with Crippen LogP contribution in [-0.4, -0.2) is 75.1 Å². The Morgan fingerprint density at radius 1 is 1.26 bits per heavy atom. The second-order valence-electron chi connectivity index (χ2n) is 8.25. The van der Waals surface area contributed by atoms with Crippen LogP contribution in [0.5, 0.6) is 0 Å². The first-order valence-electron chi connectivity index (χ1n) is 11.2. The van der Waals surface area contributed by atoms with Crippen molar-refractivity contribution < 1.29 is 8.91 Å². The number of nitrogens with zero attached hydrogens (tertiary/aromatic N) is 7. The average Bonchev–Trinajstić information content (AvgIpc) is 3.43. The average molecular weight is 477 g/mol. The van der Waals surface area contributed by atoms with E-state index >= 15 is 0 Å². The number of hydrogen-bond donors (Lipinski definition) is 3. The summed E-state index contributed by atoms with van der Waals surface area (Å²) in [6.07, 6.45) is 1.18. The maximum Gasteiger partial charge on any atom is 0.226 e. The lowest BCUT2D eigenvalue weighted by molar-refractivity contribution is 0.266. The number of aryl methyl sites for hydroxylation is 1. The van der Waals surface area contributed by atoms with Gasteiger partial charge in [0.05, 0.1) is 16.9 Å². The molecule has 1 aliphatic heterocycles. The Bertz CT molecular complexity index is 1470. The van der Waals surface area contributed by atoms with Gasteiger partial charge in [0.25, 0.3) is 0 Å². The van der Waals surface area contributed by atoms with Gasteiger partial charge in [0, 0.05) is 56.9 Å². The van der Waals surface area contributed by atoms with E-state index in [1.54, 1.807) is 6.92 Å². The highest BCUT2D eigenvalue weighted by molar-refractivity contribution is 5.92. The minimum absolute atomic E-state index is 0.167. The topological polar surface area (TPSA) is 137 Å². The first-order chi connectivity index (χ1) is 17.0.